The molecule has 0 aromatic carbocycles. The predicted octanol–water partition coefficient (Wildman–Crippen LogP) is 0.780. The number of halogens is 1. The molecule has 0 unspecified atom stereocenters. The van der Waals surface area contributed by atoms with E-state index in [0.717, 1.165) is 0 Å². The van der Waals surface area contributed by atoms with Gasteiger partial charge < -0.3 is 5.32 Å². The van der Waals surface area contributed by atoms with Crippen molar-refractivity contribution in [2.45, 2.75) is 19.5 Å². The van der Waals surface area contributed by atoms with E-state index in [0.29, 0.717) is 0 Å². The summed E-state index contributed by atoms with van der Waals surface area (Å²) < 4.78 is 12.6. The van der Waals surface area contributed by atoms with Crippen LogP contribution in [-0.2, 0) is 4.79 Å². The van der Waals surface area contributed by atoms with Crippen molar-refractivity contribution in [1.82, 2.24) is 5.32 Å². The van der Waals surface area contributed by atoms with Crippen molar-refractivity contribution >= 4 is 17.7 Å². The largest absolute Gasteiger partial charge is 0.306 e. The molecule has 0 amide bonds. The van der Waals surface area contributed by atoms with Gasteiger partial charge in [0.2, 0.25) is 0 Å². The number of hydrogen-bond acceptors (Lipinski definition) is 2. The highest BCUT2D eigenvalue weighted by Crippen LogP contribution is 2.04. The normalized spacial score (nSPS) is 11.6. The molecule has 0 aliphatic heterocycles. The second-order valence-electron chi connectivity index (χ2n) is 2.72. The first kappa shape index (κ1) is 9.91. The smallest absolute Gasteiger partial charge is 0.199 e. The molecule has 4 heteroatoms. The summed E-state index contributed by atoms with van der Waals surface area (Å²) in [6.45, 7) is 3.20. The maximum atomic E-state index is 12.6. The third-order valence-corrected chi connectivity index (χ3v) is 0.980. The van der Waals surface area contributed by atoms with Gasteiger partial charge in [0.25, 0.3) is 0 Å². The van der Waals surface area contributed by atoms with Gasteiger partial charge in [-0.25, -0.2) is 4.39 Å². The van der Waals surface area contributed by atoms with Crippen LogP contribution < -0.4 is 5.32 Å². The van der Waals surface area contributed by atoms with Gasteiger partial charge in [0.1, 0.15) is 5.67 Å². The van der Waals surface area contributed by atoms with Gasteiger partial charge in [0.05, 0.1) is 6.54 Å². The number of rotatable bonds is 4. The quantitative estimate of drug-likeness (QED) is 0.603. The molecule has 0 spiro atoms. The van der Waals surface area contributed by atoms with Crippen LogP contribution in [-0.4, -0.2) is 23.9 Å². The Morgan fingerprint density at radius 3 is 2.50 bits per heavy atom. The third kappa shape index (κ3) is 7.91. The highest BCUT2D eigenvalue weighted by atomic mass is 32.1. The van der Waals surface area contributed by atoms with E-state index in [-0.39, 0.29) is 18.2 Å². The maximum absolute atomic E-state index is 12.6. The number of carbonyl (C=O) groups is 1. The standard InChI is InChI=1S/C6H12FNOS/c1-6(2,7)4-8-3-5(9)10/h8H,3-4H2,1-2H3,(H,9,10). The Morgan fingerprint density at radius 2 is 2.20 bits per heavy atom. The summed E-state index contributed by atoms with van der Waals surface area (Å²) in [5.41, 5.74) is -1.26. The van der Waals surface area contributed by atoms with Gasteiger partial charge in [-0.3, -0.25) is 4.79 Å². The molecule has 0 aliphatic carbocycles. The van der Waals surface area contributed by atoms with Crippen molar-refractivity contribution in [2.24, 2.45) is 0 Å². The molecule has 0 saturated carbocycles. The van der Waals surface area contributed by atoms with Crippen molar-refractivity contribution in [3.8, 4) is 0 Å². The van der Waals surface area contributed by atoms with E-state index in [1.165, 1.54) is 13.8 Å². The zero-order chi connectivity index (χ0) is 8.20. The predicted molar refractivity (Wildman–Crippen MR) is 42.0 cm³/mol. The molecule has 1 N–H and O–H groups in total. The Hall–Kier alpha value is -0.0900. The lowest BCUT2D eigenvalue weighted by molar-refractivity contribution is -0.110. The highest BCUT2D eigenvalue weighted by Gasteiger charge is 2.14. The van der Waals surface area contributed by atoms with Crippen LogP contribution in [0.5, 0.6) is 0 Å². The van der Waals surface area contributed by atoms with E-state index < -0.39 is 5.67 Å². The molecule has 0 aliphatic rings. The summed E-state index contributed by atoms with van der Waals surface area (Å²) in [7, 11) is 0. The monoisotopic (exact) mass is 165 g/mol. The molecular formula is C6H12FNOS. The fourth-order valence-corrected chi connectivity index (χ4v) is 0.578. The summed E-state index contributed by atoms with van der Waals surface area (Å²) in [6, 6.07) is 0. The molecule has 0 bridgehead atoms. The maximum Gasteiger partial charge on any atom is 0.199 e. The van der Waals surface area contributed by atoms with Gasteiger partial charge in [-0.15, -0.1) is 12.6 Å². The molecule has 2 nitrogen and oxygen atoms in total. The van der Waals surface area contributed by atoms with E-state index in [1.54, 1.807) is 0 Å². The van der Waals surface area contributed by atoms with Crippen LogP contribution in [0, 0.1) is 0 Å². The lowest BCUT2D eigenvalue weighted by atomic mass is 10.2. The zero-order valence-corrected chi connectivity index (χ0v) is 7.04. The molecule has 0 fully saturated rings. The lowest BCUT2D eigenvalue weighted by Gasteiger charge is -2.13. The van der Waals surface area contributed by atoms with Crippen molar-refractivity contribution in [3.63, 3.8) is 0 Å². The minimum atomic E-state index is -1.26. The number of hydrogen-bond donors (Lipinski definition) is 2. The molecule has 0 radical (unpaired) electrons. The van der Waals surface area contributed by atoms with Gasteiger partial charge in [0.15, 0.2) is 5.12 Å². The molecule has 0 aromatic heterocycles. The summed E-state index contributed by atoms with van der Waals surface area (Å²) >= 11 is 3.50. The molecule has 0 rings (SSSR count). The number of carbonyl (C=O) groups excluding carboxylic acids is 1. The van der Waals surface area contributed by atoms with Gasteiger partial charge in [-0.05, 0) is 13.8 Å². The van der Waals surface area contributed by atoms with Crippen LogP contribution in [0.1, 0.15) is 13.8 Å². The first-order valence-corrected chi connectivity index (χ1v) is 3.48. The summed E-state index contributed by atoms with van der Waals surface area (Å²) in [5.74, 6) is 0. The Kier molecular flexibility index (Phi) is 3.89. The van der Waals surface area contributed by atoms with Crippen molar-refractivity contribution in [2.75, 3.05) is 13.1 Å². The third-order valence-electron chi connectivity index (χ3n) is 0.822. The van der Waals surface area contributed by atoms with E-state index in [1.807, 2.05) is 0 Å². The van der Waals surface area contributed by atoms with Crippen molar-refractivity contribution < 1.29 is 9.18 Å². The molecule has 0 aromatic rings. The van der Waals surface area contributed by atoms with Gasteiger partial charge >= 0.3 is 0 Å². The van der Waals surface area contributed by atoms with Crippen LogP contribution in [0.15, 0.2) is 0 Å². The van der Waals surface area contributed by atoms with Crippen molar-refractivity contribution in [3.05, 3.63) is 0 Å². The molecule has 0 atom stereocenters. The first-order valence-electron chi connectivity index (χ1n) is 3.03. The van der Waals surface area contributed by atoms with Crippen LogP contribution in [0.25, 0.3) is 0 Å². The Morgan fingerprint density at radius 1 is 1.70 bits per heavy atom. The van der Waals surface area contributed by atoms with E-state index in [4.69, 9.17) is 0 Å². The number of nitrogens with one attached hydrogen (secondary N) is 1. The Balaban J connectivity index is 3.29. The summed E-state index contributed by atoms with van der Waals surface area (Å²) in [5, 5.41) is 2.35. The number of thiol groups is 1. The molecule has 60 valence electrons. The van der Waals surface area contributed by atoms with Crippen LogP contribution >= 0.6 is 12.6 Å². The second kappa shape index (κ2) is 3.93. The minimum absolute atomic E-state index is 0.121. The fraction of sp³-hybridized carbons (Fsp3) is 0.833. The topological polar surface area (TPSA) is 29.1 Å². The molecule has 0 heterocycles. The van der Waals surface area contributed by atoms with E-state index >= 15 is 0 Å². The average molecular weight is 165 g/mol. The summed E-state index contributed by atoms with van der Waals surface area (Å²) in [6.07, 6.45) is 0. The number of alkyl halides is 1. The second-order valence-corrected chi connectivity index (χ2v) is 3.21. The minimum Gasteiger partial charge on any atom is -0.306 e. The van der Waals surface area contributed by atoms with Crippen LogP contribution in [0.2, 0.25) is 0 Å². The fourth-order valence-electron chi connectivity index (χ4n) is 0.467. The van der Waals surface area contributed by atoms with Gasteiger partial charge in [0, 0.05) is 6.54 Å². The zero-order valence-electron chi connectivity index (χ0n) is 6.15. The van der Waals surface area contributed by atoms with E-state index in [9.17, 15) is 9.18 Å². The Labute approximate surface area is 65.6 Å². The SMILES string of the molecule is CC(C)(F)CNCC(=O)S. The van der Waals surface area contributed by atoms with Crippen molar-refractivity contribution in [1.29, 1.82) is 0 Å². The van der Waals surface area contributed by atoms with Crippen LogP contribution in [0.3, 0.4) is 0 Å². The van der Waals surface area contributed by atoms with Gasteiger partial charge in [-0.2, -0.15) is 0 Å². The van der Waals surface area contributed by atoms with E-state index in [2.05, 4.69) is 17.9 Å². The first-order chi connectivity index (χ1) is 4.42. The molecule has 0 saturated heterocycles. The summed E-state index contributed by atoms with van der Waals surface area (Å²) in [4.78, 5) is 10.2. The van der Waals surface area contributed by atoms with Gasteiger partial charge in [-0.1, -0.05) is 0 Å². The lowest BCUT2D eigenvalue weighted by Crippen LogP contribution is -2.33. The van der Waals surface area contributed by atoms with Crippen LogP contribution in [0.4, 0.5) is 4.39 Å². The Bertz CT molecular complexity index is 121. The highest BCUT2D eigenvalue weighted by molar-refractivity contribution is 7.96. The average Bonchev–Trinajstić information content (AvgIpc) is 1.59. The molecule has 10 heavy (non-hydrogen) atoms. The molecular weight excluding hydrogens is 153 g/mol.